The van der Waals surface area contributed by atoms with Crippen LogP contribution in [0.15, 0.2) is 83.3 Å². The monoisotopic (exact) mass is 423 g/mol. The number of amides is 1. The number of hydrogen-bond donors (Lipinski definition) is 1. The largest absolute Gasteiger partial charge is 0.403 e. The molecule has 0 radical (unpaired) electrons. The van der Waals surface area contributed by atoms with Gasteiger partial charge < -0.3 is 4.42 Å². The molecule has 4 rings (SSSR count). The molecule has 144 valence electrons. The van der Waals surface area contributed by atoms with Crippen molar-refractivity contribution in [1.82, 2.24) is 10.2 Å². The number of carbonyl (C=O) groups is 1. The van der Waals surface area contributed by atoms with Gasteiger partial charge in [-0.15, -0.1) is 5.10 Å². The maximum atomic E-state index is 13.1. The highest BCUT2D eigenvalue weighted by Crippen LogP contribution is 2.29. The fraction of sp³-hybridized carbons (Fsp3) is 0.0455. The zero-order valence-corrected chi connectivity index (χ0v) is 16.6. The molecular weight excluding hydrogens is 409 g/mol. The van der Waals surface area contributed by atoms with E-state index < -0.39 is 5.92 Å². The molecule has 5 nitrogen and oxygen atoms in total. The van der Waals surface area contributed by atoms with Crippen LogP contribution in [0.4, 0.5) is 6.01 Å². The first kappa shape index (κ1) is 19.2. The molecule has 0 saturated carbocycles. The molecule has 1 N–H and O–H groups in total. The highest BCUT2D eigenvalue weighted by Gasteiger charge is 2.24. The van der Waals surface area contributed by atoms with Gasteiger partial charge in [-0.3, -0.25) is 10.1 Å². The van der Waals surface area contributed by atoms with Crippen LogP contribution < -0.4 is 5.32 Å². The van der Waals surface area contributed by atoms with E-state index in [1.807, 2.05) is 60.7 Å². The van der Waals surface area contributed by atoms with Crippen LogP contribution in [0.5, 0.6) is 0 Å². The van der Waals surface area contributed by atoms with E-state index in [-0.39, 0.29) is 17.8 Å². The third kappa shape index (κ3) is 4.47. The second kappa shape index (κ2) is 8.47. The second-order valence-corrected chi connectivity index (χ2v) is 7.19. The maximum Gasteiger partial charge on any atom is 0.322 e. The summed E-state index contributed by atoms with van der Waals surface area (Å²) in [5, 5.41) is 11.5. The van der Waals surface area contributed by atoms with Gasteiger partial charge in [-0.05, 0) is 29.3 Å². The average Bonchev–Trinajstić information content (AvgIpc) is 3.18. The molecule has 3 aromatic carbocycles. The van der Waals surface area contributed by atoms with E-state index in [1.165, 1.54) is 0 Å². The van der Waals surface area contributed by atoms with E-state index in [9.17, 15) is 4.79 Å². The van der Waals surface area contributed by atoms with Crippen molar-refractivity contribution < 1.29 is 9.21 Å². The fourth-order valence-electron chi connectivity index (χ4n) is 3.03. The Morgan fingerprint density at radius 1 is 0.828 bits per heavy atom. The number of halogens is 2. The van der Waals surface area contributed by atoms with Crippen molar-refractivity contribution in [2.45, 2.75) is 5.92 Å². The first-order valence-electron chi connectivity index (χ1n) is 8.81. The third-order valence-corrected chi connectivity index (χ3v) is 4.73. The van der Waals surface area contributed by atoms with Crippen LogP contribution in [0.25, 0.3) is 11.5 Å². The van der Waals surface area contributed by atoms with Crippen molar-refractivity contribution in [1.29, 1.82) is 0 Å². The number of nitrogens with zero attached hydrogens (tertiary/aromatic N) is 2. The Kier molecular flexibility index (Phi) is 5.60. The Balaban J connectivity index is 1.61. The number of rotatable bonds is 5. The topological polar surface area (TPSA) is 68.0 Å². The molecule has 4 aromatic rings. The molecule has 0 saturated heterocycles. The minimum atomic E-state index is -0.520. The molecule has 1 aromatic heterocycles. The van der Waals surface area contributed by atoms with Gasteiger partial charge in [0.1, 0.15) is 0 Å². The summed E-state index contributed by atoms with van der Waals surface area (Å²) in [5.74, 6) is -0.587. The van der Waals surface area contributed by atoms with Gasteiger partial charge in [-0.25, -0.2) is 0 Å². The molecule has 1 amide bonds. The summed E-state index contributed by atoms with van der Waals surface area (Å²) in [4.78, 5) is 13.1. The molecule has 0 unspecified atom stereocenters. The lowest BCUT2D eigenvalue weighted by Crippen LogP contribution is -2.22. The van der Waals surface area contributed by atoms with Gasteiger partial charge in [0.05, 0.1) is 5.92 Å². The lowest BCUT2D eigenvalue weighted by atomic mass is 9.90. The maximum absolute atomic E-state index is 13.1. The summed E-state index contributed by atoms with van der Waals surface area (Å²) >= 11 is 12.0. The molecule has 0 aliphatic carbocycles. The van der Waals surface area contributed by atoms with Crippen LogP contribution in [-0.2, 0) is 4.79 Å². The van der Waals surface area contributed by atoms with Gasteiger partial charge in [-0.1, -0.05) is 89.0 Å². The van der Waals surface area contributed by atoms with Crippen molar-refractivity contribution in [3.63, 3.8) is 0 Å². The summed E-state index contributed by atoms with van der Waals surface area (Å²) < 4.78 is 5.60. The SMILES string of the molecule is O=C(Nc1nnc(-c2cc(Cl)cc(Cl)c2)o1)C(c1ccccc1)c1ccccc1. The van der Waals surface area contributed by atoms with Crippen molar-refractivity contribution in [2.75, 3.05) is 5.32 Å². The van der Waals surface area contributed by atoms with Gasteiger partial charge >= 0.3 is 6.01 Å². The number of benzene rings is 3. The number of carbonyl (C=O) groups excluding carboxylic acids is 1. The highest BCUT2D eigenvalue weighted by molar-refractivity contribution is 6.35. The van der Waals surface area contributed by atoms with E-state index in [1.54, 1.807) is 18.2 Å². The predicted molar refractivity (Wildman–Crippen MR) is 113 cm³/mol. The fourth-order valence-corrected chi connectivity index (χ4v) is 3.56. The third-order valence-electron chi connectivity index (χ3n) is 4.29. The minimum absolute atomic E-state index is 0.00189. The summed E-state index contributed by atoms with van der Waals surface area (Å²) in [7, 11) is 0. The summed E-state index contributed by atoms with van der Waals surface area (Å²) in [6.45, 7) is 0. The Morgan fingerprint density at radius 3 is 1.93 bits per heavy atom. The molecule has 0 aliphatic rings. The Labute approximate surface area is 177 Å². The predicted octanol–water partition coefficient (Wildman–Crippen LogP) is 5.81. The standard InChI is InChI=1S/C22H15Cl2N3O2/c23-17-11-16(12-18(24)13-17)21-26-27-22(29-21)25-20(28)19(14-7-3-1-4-8-14)15-9-5-2-6-10-15/h1-13,19H,(H,25,27,28). The van der Waals surface area contributed by atoms with Crippen LogP contribution in [0.2, 0.25) is 10.0 Å². The average molecular weight is 424 g/mol. The van der Waals surface area contributed by atoms with E-state index in [2.05, 4.69) is 15.5 Å². The summed E-state index contributed by atoms with van der Waals surface area (Å²) in [6.07, 6.45) is 0. The van der Waals surface area contributed by atoms with Crippen molar-refractivity contribution in [3.8, 4) is 11.5 Å². The van der Waals surface area contributed by atoms with Crippen molar-refractivity contribution in [3.05, 3.63) is 100 Å². The molecule has 0 bridgehead atoms. The van der Waals surface area contributed by atoms with Crippen molar-refractivity contribution in [2.24, 2.45) is 0 Å². The molecule has 1 heterocycles. The molecular formula is C22H15Cl2N3O2. The molecule has 7 heteroatoms. The van der Waals surface area contributed by atoms with Gasteiger partial charge in [-0.2, -0.15) is 0 Å². The highest BCUT2D eigenvalue weighted by atomic mass is 35.5. The first-order chi connectivity index (χ1) is 14.1. The molecule has 29 heavy (non-hydrogen) atoms. The molecule has 0 spiro atoms. The van der Waals surface area contributed by atoms with E-state index >= 15 is 0 Å². The first-order valence-corrected chi connectivity index (χ1v) is 9.56. The lowest BCUT2D eigenvalue weighted by molar-refractivity contribution is -0.116. The van der Waals surface area contributed by atoms with Gasteiger partial charge in [0.15, 0.2) is 0 Å². The smallest absolute Gasteiger partial charge is 0.322 e. The number of hydrogen-bond acceptors (Lipinski definition) is 4. The van der Waals surface area contributed by atoms with Gasteiger partial charge in [0.2, 0.25) is 11.8 Å². The number of nitrogens with one attached hydrogen (secondary N) is 1. The molecule has 0 atom stereocenters. The molecule has 0 aliphatic heterocycles. The van der Waals surface area contributed by atoms with E-state index in [4.69, 9.17) is 27.6 Å². The lowest BCUT2D eigenvalue weighted by Gasteiger charge is -2.16. The minimum Gasteiger partial charge on any atom is -0.403 e. The van der Waals surface area contributed by atoms with Crippen LogP contribution >= 0.6 is 23.2 Å². The van der Waals surface area contributed by atoms with E-state index in [0.717, 1.165) is 11.1 Å². The van der Waals surface area contributed by atoms with Crippen LogP contribution in [0.3, 0.4) is 0 Å². The Bertz CT molecular complexity index is 1070. The molecule has 0 fully saturated rings. The van der Waals surface area contributed by atoms with E-state index in [0.29, 0.717) is 15.6 Å². The number of anilines is 1. The zero-order valence-electron chi connectivity index (χ0n) is 15.0. The van der Waals surface area contributed by atoms with Crippen molar-refractivity contribution >= 4 is 35.1 Å². The van der Waals surface area contributed by atoms with Crippen LogP contribution in [0, 0.1) is 0 Å². The Morgan fingerprint density at radius 2 is 1.38 bits per heavy atom. The summed E-state index contributed by atoms with van der Waals surface area (Å²) in [6, 6.07) is 23.9. The van der Waals surface area contributed by atoms with Gasteiger partial charge in [0.25, 0.3) is 0 Å². The quantitative estimate of drug-likeness (QED) is 0.439. The number of aromatic nitrogens is 2. The second-order valence-electron chi connectivity index (χ2n) is 6.31. The normalized spacial score (nSPS) is 10.9. The zero-order chi connectivity index (χ0) is 20.2. The Hall–Kier alpha value is -3.15. The van der Waals surface area contributed by atoms with Crippen LogP contribution in [0.1, 0.15) is 17.0 Å². The summed E-state index contributed by atoms with van der Waals surface area (Å²) in [5.41, 5.74) is 2.29. The van der Waals surface area contributed by atoms with Crippen LogP contribution in [-0.4, -0.2) is 16.1 Å². The van der Waals surface area contributed by atoms with Gasteiger partial charge in [0, 0.05) is 15.6 Å².